The van der Waals surface area contributed by atoms with E-state index in [9.17, 15) is 5.11 Å². The van der Waals surface area contributed by atoms with Crippen LogP contribution in [0.5, 0.6) is 0 Å². The van der Waals surface area contributed by atoms with E-state index < -0.39 is 0 Å². The van der Waals surface area contributed by atoms with Gasteiger partial charge in [-0.15, -0.1) is 0 Å². The second kappa shape index (κ2) is 3.45. The Labute approximate surface area is 92.5 Å². The molecular weight excluding hydrogens is 206 g/mol. The van der Waals surface area contributed by atoms with Crippen molar-refractivity contribution in [1.29, 1.82) is 0 Å². The van der Waals surface area contributed by atoms with Gasteiger partial charge in [-0.25, -0.2) is 0 Å². The van der Waals surface area contributed by atoms with Crippen LogP contribution >= 0.6 is 0 Å². The van der Waals surface area contributed by atoms with Crippen molar-refractivity contribution >= 4 is 0 Å². The van der Waals surface area contributed by atoms with Gasteiger partial charge in [0, 0.05) is 17.7 Å². The van der Waals surface area contributed by atoms with Crippen LogP contribution in [0.15, 0.2) is 10.6 Å². The quantitative estimate of drug-likeness (QED) is 0.756. The lowest BCUT2D eigenvalue weighted by molar-refractivity contribution is 0.146. The molecule has 2 heterocycles. The van der Waals surface area contributed by atoms with E-state index in [4.69, 9.17) is 4.52 Å². The van der Waals surface area contributed by atoms with E-state index in [0.29, 0.717) is 6.42 Å². The fourth-order valence-corrected chi connectivity index (χ4v) is 2.13. The van der Waals surface area contributed by atoms with Crippen molar-refractivity contribution in [2.45, 2.75) is 32.3 Å². The van der Waals surface area contributed by atoms with Gasteiger partial charge >= 0.3 is 0 Å². The normalized spacial score (nSPS) is 19.8. The fraction of sp³-hybridized carbons (Fsp3) is 0.455. The van der Waals surface area contributed by atoms with Crippen LogP contribution in [0.2, 0.25) is 0 Å². The summed E-state index contributed by atoms with van der Waals surface area (Å²) < 4.78 is 5.26. The minimum atomic E-state index is -0.297. The minimum absolute atomic E-state index is 0.297. The van der Waals surface area contributed by atoms with Crippen molar-refractivity contribution in [2.75, 3.05) is 0 Å². The maximum Gasteiger partial charge on any atom is 0.143 e. The highest BCUT2D eigenvalue weighted by molar-refractivity contribution is 5.59. The first-order valence-electron chi connectivity index (χ1n) is 5.42. The molecule has 0 aromatic carbocycles. The number of aromatic nitrogens is 3. The van der Waals surface area contributed by atoms with Gasteiger partial charge in [-0.3, -0.25) is 5.10 Å². The van der Waals surface area contributed by atoms with Crippen LogP contribution in [0, 0.1) is 6.92 Å². The maximum atomic E-state index is 9.53. The van der Waals surface area contributed by atoms with Gasteiger partial charge in [0.15, 0.2) is 0 Å². The van der Waals surface area contributed by atoms with Crippen LogP contribution in [-0.2, 0) is 12.8 Å². The molecule has 0 saturated carbocycles. The largest absolute Gasteiger partial charge is 0.393 e. The van der Waals surface area contributed by atoms with Crippen molar-refractivity contribution < 1.29 is 9.63 Å². The van der Waals surface area contributed by atoms with E-state index in [-0.39, 0.29) is 6.10 Å². The molecule has 2 N–H and O–H groups in total. The number of aliphatic hydroxyl groups excluding tert-OH is 1. The van der Waals surface area contributed by atoms with Gasteiger partial charge in [-0.2, -0.15) is 5.10 Å². The zero-order chi connectivity index (χ0) is 11.1. The Balaban J connectivity index is 2.03. The van der Waals surface area contributed by atoms with Crippen LogP contribution in [0.1, 0.15) is 23.4 Å². The molecule has 1 unspecified atom stereocenters. The summed E-state index contributed by atoms with van der Waals surface area (Å²) in [5.74, 6) is 0.800. The standard InChI is InChI=1S/C11H13N3O2/c1-6-4-9(13-12-6)11-8-3-2-7(15)5-10(8)16-14-11/h4,7,15H,2-3,5H2,1H3,(H,12,13). The maximum absolute atomic E-state index is 9.53. The lowest BCUT2D eigenvalue weighted by Crippen LogP contribution is -2.17. The molecule has 0 radical (unpaired) electrons. The Kier molecular flexibility index (Phi) is 2.07. The highest BCUT2D eigenvalue weighted by atomic mass is 16.5. The molecule has 0 amide bonds. The van der Waals surface area contributed by atoms with E-state index in [2.05, 4.69) is 15.4 Å². The van der Waals surface area contributed by atoms with E-state index in [1.807, 2.05) is 13.0 Å². The lowest BCUT2D eigenvalue weighted by atomic mass is 9.93. The summed E-state index contributed by atoms with van der Waals surface area (Å²) in [5, 5.41) is 20.6. The van der Waals surface area contributed by atoms with Crippen LogP contribution in [0.3, 0.4) is 0 Å². The number of H-pyrrole nitrogens is 1. The summed E-state index contributed by atoms with van der Waals surface area (Å²) in [7, 11) is 0. The number of aromatic amines is 1. The summed E-state index contributed by atoms with van der Waals surface area (Å²) in [4.78, 5) is 0. The predicted octanol–water partition coefficient (Wildman–Crippen LogP) is 1.22. The SMILES string of the molecule is Cc1cc(-c2noc3c2CCC(O)C3)n[nH]1. The molecule has 16 heavy (non-hydrogen) atoms. The minimum Gasteiger partial charge on any atom is -0.393 e. The highest BCUT2D eigenvalue weighted by Gasteiger charge is 2.25. The Hall–Kier alpha value is -1.62. The molecule has 1 aliphatic rings. The molecule has 0 spiro atoms. The van der Waals surface area contributed by atoms with Crippen LogP contribution in [0.4, 0.5) is 0 Å². The van der Waals surface area contributed by atoms with Crippen molar-refractivity contribution in [3.8, 4) is 11.4 Å². The highest BCUT2D eigenvalue weighted by Crippen LogP contribution is 2.30. The van der Waals surface area contributed by atoms with Crippen LogP contribution < -0.4 is 0 Å². The molecule has 0 aliphatic heterocycles. The Morgan fingerprint density at radius 3 is 3.19 bits per heavy atom. The fourth-order valence-electron chi connectivity index (χ4n) is 2.13. The van der Waals surface area contributed by atoms with Crippen molar-refractivity contribution in [3.63, 3.8) is 0 Å². The number of aryl methyl sites for hydroxylation is 1. The first kappa shape index (κ1) is 9.59. The topological polar surface area (TPSA) is 74.9 Å². The summed E-state index contributed by atoms with van der Waals surface area (Å²) in [6, 6.07) is 1.95. The van der Waals surface area contributed by atoms with Crippen LogP contribution in [-0.4, -0.2) is 26.6 Å². The van der Waals surface area contributed by atoms with Crippen molar-refractivity contribution in [3.05, 3.63) is 23.1 Å². The van der Waals surface area contributed by atoms with Crippen LogP contribution in [0.25, 0.3) is 11.4 Å². The third kappa shape index (κ3) is 1.44. The number of hydrogen-bond acceptors (Lipinski definition) is 4. The molecule has 5 heteroatoms. The summed E-state index contributed by atoms with van der Waals surface area (Å²) in [5.41, 5.74) is 3.73. The number of hydrogen-bond donors (Lipinski definition) is 2. The Bertz CT molecular complexity index is 515. The lowest BCUT2D eigenvalue weighted by Gasteiger charge is -2.14. The van der Waals surface area contributed by atoms with E-state index in [1.165, 1.54) is 0 Å². The molecular formula is C11H13N3O2. The summed E-state index contributed by atoms with van der Waals surface area (Å²) in [6.45, 7) is 1.95. The zero-order valence-electron chi connectivity index (χ0n) is 9.03. The molecule has 1 atom stereocenters. The monoisotopic (exact) mass is 219 g/mol. The van der Waals surface area contributed by atoms with E-state index in [1.54, 1.807) is 0 Å². The number of nitrogens with zero attached hydrogens (tertiary/aromatic N) is 2. The van der Waals surface area contributed by atoms with Gasteiger partial charge in [-0.05, 0) is 25.8 Å². The number of aliphatic hydroxyl groups is 1. The molecule has 0 fully saturated rings. The second-order valence-electron chi connectivity index (χ2n) is 4.27. The average Bonchev–Trinajstić information content (AvgIpc) is 2.83. The van der Waals surface area contributed by atoms with Gasteiger partial charge in [0.1, 0.15) is 17.1 Å². The zero-order valence-corrected chi connectivity index (χ0v) is 9.03. The summed E-state index contributed by atoms with van der Waals surface area (Å²) >= 11 is 0. The molecule has 1 aliphatic carbocycles. The van der Waals surface area contributed by atoms with Gasteiger partial charge in [0.25, 0.3) is 0 Å². The number of rotatable bonds is 1. The third-order valence-corrected chi connectivity index (χ3v) is 2.97. The van der Waals surface area contributed by atoms with Gasteiger partial charge in [0.2, 0.25) is 0 Å². The Morgan fingerprint density at radius 1 is 1.56 bits per heavy atom. The van der Waals surface area contributed by atoms with Gasteiger partial charge < -0.3 is 9.63 Å². The average molecular weight is 219 g/mol. The summed E-state index contributed by atoms with van der Waals surface area (Å²) in [6.07, 6.45) is 1.84. The van der Waals surface area contributed by atoms with Gasteiger partial charge in [-0.1, -0.05) is 5.16 Å². The molecule has 84 valence electrons. The number of nitrogens with one attached hydrogen (secondary N) is 1. The van der Waals surface area contributed by atoms with Crippen molar-refractivity contribution in [2.24, 2.45) is 0 Å². The first-order valence-corrected chi connectivity index (χ1v) is 5.42. The molecule has 0 bridgehead atoms. The third-order valence-electron chi connectivity index (χ3n) is 2.97. The smallest absolute Gasteiger partial charge is 0.143 e. The second-order valence-corrected chi connectivity index (χ2v) is 4.27. The molecule has 3 rings (SSSR count). The molecule has 0 saturated heterocycles. The molecule has 2 aromatic heterocycles. The predicted molar refractivity (Wildman–Crippen MR) is 56.9 cm³/mol. The van der Waals surface area contributed by atoms with Crippen molar-refractivity contribution in [1.82, 2.24) is 15.4 Å². The molecule has 2 aromatic rings. The Morgan fingerprint density at radius 2 is 2.44 bits per heavy atom. The molecule has 5 nitrogen and oxygen atoms in total. The first-order chi connectivity index (χ1) is 7.74. The number of fused-ring (bicyclic) bond motifs is 1. The van der Waals surface area contributed by atoms with E-state index in [0.717, 1.165) is 41.2 Å². The van der Waals surface area contributed by atoms with Gasteiger partial charge in [0.05, 0.1) is 6.10 Å². The van der Waals surface area contributed by atoms with E-state index >= 15 is 0 Å².